The fourth-order valence-corrected chi connectivity index (χ4v) is 3.77. The summed E-state index contributed by atoms with van der Waals surface area (Å²) in [7, 11) is 0.848. The largest absolute Gasteiger partial charge is 0.313 e. The summed E-state index contributed by atoms with van der Waals surface area (Å²) in [6.07, 6.45) is 1.87. The molecule has 0 fully saturated rings. The molecule has 2 aromatic heterocycles. The van der Waals surface area contributed by atoms with E-state index in [-0.39, 0.29) is 0 Å². The summed E-state index contributed by atoms with van der Waals surface area (Å²) in [6, 6.07) is 10.8. The Hall–Kier alpha value is -1.66. The van der Waals surface area contributed by atoms with Crippen LogP contribution in [0, 0.1) is 0 Å². The van der Waals surface area contributed by atoms with Crippen LogP contribution in [-0.2, 0) is 5.75 Å². The molecule has 0 unspecified atom stereocenters. The number of hydrogen-bond donors (Lipinski definition) is 0. The van der Waals surface area contributed by atoms with Crippen LogP contribution < -0.4 is 5.45 Å². The molecular formula is C15H18N4SSi. The minimum Gasteiger partial charge on any atom is -0.313 e. The highest BCUT2D eigenvalue weighted by Gasteiger charge is 2.13. The number of fused-ring (bicyclic) bond motifs is 1. The molecule has 2 heterocycles. The van der Waals surface area contributed by atoms with Gasteiger partial charge in [-0.15, -0.1) is 0 Å². The number of benzene rings is 1. The van der Waals surface area contributed by atoms with E-state index >= 15 is 0 Å². The van der Waals surface area contributed by atoms with E-state index in [1.807, 2.05) is 12.4 Å². The predicted molar refractivity (Wildman–Crippen MR) is 91.3 cm³/mol. The highest BCUT2D eigenvalue weighted by Crippen LogP contribution is 2.26. The summed E-state index contributed by atoms with van der Waals surface area (Å²) < 4.78 is 2.12. The van der Waals surface area contributed by atoms with Crippen LogP contribution in [0.4, 0.5) is 0 Å². The van der Waals surface area contributed by atoms with Gasteiger partial charge in [-0.2, -0.15) is 0 Å². The van der Waals surface area contributed by atoms with E-state index in [4.69, 9.17) is 0 Å². The fraction of sp³-hybridized carbons (Fsp3) is 0.267. The quantitative estimate of drug-likeness (QED) is 0.418. The molecule has 0 radical (unpaired) electrons. The number of aromatic nitrogens is 4. The Labute approximate surface area is 131 Å². The van der Waals surface area contributed by atoms with Crippen LogP contribution in [0.1, 0.15) is 25.5 Å². The summed E-state index contributed by atoms with van der Waals surface area (Å²) >= 11 is 1.74. The van der Waals surface area contributed by atoms with Gasteiger partial charge in [-0.1, -0.05) is 42.1 Å². The van der Waals surface area contributed by atoms with Crippen molar-refractivity contribution < 1.29 is 0 Å². The average molecular weight is 314 g/mol. The van der Waals surface area contributed by atoms with E-state index < -0.39 is 0 Å². The topological polar surface area (TPSA) is 43.6 Å². The predicted octanol–water partition coefficient (Wildman–Crippen LogP) is 1.69. The minimum absolute atomic E-state index is 0.359. The zero-order chi connectivity index (χ0) is 14.8. The van der Waals surface area contributed by atoms with Crippen molar-refractivity contribution in [3.8, 4) is 0 Å². The maximum absolute atomic E-state index is 4.63. The van der Waals surface area contributed by atoms with Crippen molar-refractivity contribution in [3.63, 3.8) is 0 Å². The third-order valence-corrected chi connectivity index (χ3v) is 4.76. The third-order valence-electron chi connectivity index (χ3n) is 3.28. The second-order valence-electron chi connectivity index (χ2n) is 5.27. The van der Waals surface area contributed by atoms with Crippen molar-refractivity contribution in [2.75, 3.05) is 0 Å². The molecule has 108 valence electrons. The molecule has 0 aliphatic carbocycles. The summed E-state index contributed by atoms with van der Waals surface area (Å²) in [4.78, 5) is 13.8. The highest BCUT2D eigenvalue weighted by atomic mass is 32.2. The van der Waals surface area contributed by atoms with Gasteiger partial charge in [0.15, 0.2) is 5.65 Å². The van der Waals surface area contributed by atoms with E-state index in [0.717, 1.165) is 37.6 Å². The first kappa shape index (κ1) is 14.3. The van der Waals surface area contributed by atoms with Gasteiger partial charge in [0.25, 0.3) is 0 Å². The van der Waals surface area contributed by atoms with Crippen molar-refractivity contribution in [2.45, 2.75) is 30.7 Å². The lowest BCUT2D eigenvalue weighted by atomic mass is 10.2. The van der Waals surface area contributed by atoms with Crippen LogP contribution in [0.3, 0.4) is 0 Å². The molecule has 0 N–H and O–H groups in total. The number of hydrogen-bond acceptors (Lipinski definition) is 4. The molecular weight excluding hydrogens is 296 g/mol. The standard InChI is InChI=1S/C15H18N4SSi/c1-10(2)19-9-16-12-13(19)17-15(21)18-14(12)20-8-11-6-4-3-5-7-11/h3-7,9-10H,8H2,1-2,21H3. The third kappa shape index (κ3) is 3.01. The fourth-order valence-electron chi connectivity index (χ4n) is 2.20. The molecule has 0 aliphatic rings. The minimum atomic E-state index is 0.359. The molecule has 0 aliphatic heterocycles. The molecule has 0 saturated heterocycles. The van der Waals surface area contributed by atoms with Gasteiger partial charge in [0, 0.05) is 11.8 Å². The molecule has 21 heavy (non-hydrogen) atoms. The zero-order valence-corrected chi connectivity index (χ0v) is 15.3. The van der Waals surface area contributed by atoms with Crippen molar-refractivity contribution in [1.29, 1.82) is 0 Å². The Morgan fingerprint density at radius 1 is 1.19 bits per heavy atom. The zero-order valence-electron chi connectivity index (χ0n) is 12.4. The molecule has 4 nitrogen and oxygen atoms in total. The van der Waals surface area contributed by atoms with Crippen molar-refractivity contribution in [1.82, 2.24) is 19.5 Å². The van der Waals surface area contributed by atoms with Crippen molar-refractivity contribution >= 4 is 38.6 Å². The Bertz CT molecular complexity index is 755. The van der Waals surface area contributed by atoms with Gasteiger partial charge in [0.2, 0.25) is 0 Å². The van der Waals surface area contributed by atoms with Gasteiger partial charge in [-0.25, -0.2) is 15.0 Å². The lowest BCUT2D eigenvalue weighted by Crippen LogP contribution is -2.16. The van der Waals surface area contributed by atoms with E-state index in [1.54, 1.807) is 11.8 Å². The molecule has 1 aromatic carbocycles. The molecule has 0 spiro atoms. The van der Waals surface area contributed by atoms with Crippen LogP contribution in [-0.4, -0.2) is 29.8 Å². The molecule has 3 rings (SSSR count). The normalized spacial score (nSPS) is 11.6. The van der Waals surface area contributed by atoms with Crippen molar-refractivity contribution in [3.05, 3.63) is 42.2 Å². The van der Waals surface area contributed by atoms with Gasteiger partial charge in [-0.05, 0) is 19.4 Å². The first-order valence-corrected chi connectivity index (χ1v) is 9.01. The van der Waals surface area contributed by atoms with Gasteiger partial charge < -0.3 is 4.57 Å². The second kappa shape index (κ2) is 5.99. The monoisotopic (exact) mass is 314 g/mol. The van der Waals surface area contributed by atoms with Crippen LogP contribution in [0.5, 0.6) is 0 Å². The van der Waals surface area contributed by atoms with E-state index in [0.29, 0.717) is 6.04 Å². The van der Waals surface area contributed by atoms with Gasteiger partial charge >= 0.3 is 0 Å². The van der Waals surface area contributed by atoms with Crippen LogP contribution >= 0.6 is 11.8 Å². The highest BCUT2D eigenvalue weighted by molar-refractivity contribution is 7.98. The number of rotatable bonds is 4. The summed E-state index contributed by atoms with van der Waals surface area (Å²) in [5, 5.41) is 0.994. The molecule has 0 amide bonds. The maximum Gasteiger partial charge on any atom is 0.164 e. The maximum atomic E-state index is 4.63. The number of imidazole rings is 1. The Morgan fingerprint density at radius 3 is 2.67 bits per heavy atom. The Kier molecular flexibility index (Phi) is 4.07. The lowest BCUT2D eigenvalue weighted by Gasteiger charge is -2.08. The van der Waals surface area contributed by atoms with Crippen LogP contribution in [0.2, 0.25) is 0 Å². The molecule has 0 atom stereocenters. The van der Waals surface area contributed by atoms with Crippen LogP contribution in [0.15, 0.2) is 41.7 Å². The SMILES string of the molecule is CC(C)n1cnc2c(SCc3ccccc3)nc([SiH3])nc21. The van der Waals surface area contributed by atoms with E-state index in [9.17, 15) is 0 Å². The summed E-state index contributed by atoms with van der Waals surface area (Å²) in [5.41, 5.74) is 4.11. The average Bonchev–Trinajstić information content (AvgIpc) is 2.89. The van der Waals surface area contributed by atoms with Crippen molar-refractivity contribution in [2.24, 2.45) is 0 Å². The summed E-state index contributed by atoms with van der Waals surface area (Å²) in [5.74, 6) is 0.905. The lowest BCUT2D eigenvalue weighted by molar-refractivity contribution is 0.613. The van der Waals surface area contributed by atoms with Gasteiger partial charge in [0.1, 0.15) is 10.5 Å². The second-order valence-corrected chi connectivity index (χ2v) is 7.13. The van der Waals surface area contributed by atoms with Crippen LogP contribution in [0.25, 0.3) is 11.2 Å². The van der Waals surface area contributed by atoms with E-state index in [1.165, 1.54) is 5.56 Å². The molecule has 6 heteroatoms. The van der Waals surface area contributed by atoms with Gasteiger partial charge in [0.05, 0.1) is 22.0 Å². The molecule has 0 bridgehead atoms. The summed E-state index contributed by atoms with van der Waals surface area (Å²) in [6.45, 7) is 4.29. The van der Waals surface area contributed by atoms with Gasteiger partial charge in [-0.3, -0.25) is 0 Å². The molecule has 0 saturated carbocycles. The van der Waals surface area contributed by atoms with E-state index in [2.05, 4.69) is 57.6 Å². The molecule has 3 aromatic rings. The number of thioether (sulfide) groups is 1. The first-order chi connectivity index (χ1) is 10.1. The number of nitrogens with zero attached hydrogens (tertiary/aromatic N) is 4. The Morgan fingerprint density at radius 2 is 1.95 bits per heavy atom. The smallest absolute Gasteiger partial charge is 0.164 e. The Balaban J connectivity index is 1.95. The first-order valence-electron chi connectivity index (χ1n) is 7.03.